The average Bonchev–Trinajstić information content (AvgIpc) is 2.75. The van der Waals surface area contributed by atoms with E-state index in [2.05, 4.69) is 43.5 Å². The number of nitriles is 1. The van der Waals surface area contributed by atoms with Crippen molar-refractivity contribution in [2.75, 3.05) is 0 Å². The van der Waals surface area contributed by atoms with Crippen LogP contribution in [-0.2, 0) is 13.0 Å². The molecule has 0 unspecified atom stereocenters. The zero-order valence-electron chi connectivity index (χ0n) is 12.7. The molecule has 0 aliphatic carbocycles. The average molecular weight is 269 g/mol. The molecule has 0 fully saturated rings. The van der Waals surface area contributed by atoms with Crippen LogP contribution in [0.2, 0.25) is 0 Å². The molecular formula is C17H23N3. The molecule has 106 valence electrons. The van der Waals surface area contributed by atoms with Crippen molar-refractivity contribution in [1.82, 2.24) is 9.55 Å². The van der Waals surface area contributed by atoms with E-state index in [0.29, 0.717) is 6.42 Å². The summed E-state index contributed by atoms with van der Waals surface area (Å²) < 4.78 is 2.31. The molecule has 0 aliphatic rings. The van der Waals surface area contributed by atoms with E-state index in [-0.39, 0.29) is 0 Å². The van der Waals surface area contributed by atoms with E-state index >= 15 is 0 Å². The monoisotopic (exact) mass is 269 g/mol. The normalized spacial score (nSPS) is 10.9. The third kappa shape index (κ3) is 3.01. The van der Waals surface area contributed by atoms with Gasteiger partial charge in [0.2, 0.25) is 0 Å². The first kappa shape index (κ1) is 14.6. The van der Waals surface area contributed by atoms with Crippen LogP contribution in [-0.4, -0.2) is 9.55 Å². The highest BCUT2D eigenvalue weighted by atomic mass is 15.1. The number of hydrogen-bond donors (Lipinski definition) is 0. The number of unbranched alkanes of at least 4 members (excludes halogenated alkanes) is 2. The van der Waals surface area contributed by atoms with E-state index in [1.54, 1.807) is 0 Å². The quantitative estimate of drug-likeness (QED) is 0.734. The Morgan fingerprint density at radius 2 is 1.95 bits per heavy atom. The Balaban J connectivity index is 2.41. The molecule has 0 atom stereocenters. The van der Waals surface area contributed by atoms with Crippen molar-refractivity contribution in [2.24, 2.45) is 0 Å². The number of imidazole rings is 1. The fourth-order valence-corrected chi connectivity index (χ4v) is 2.52. The summed E-state index contributed by atoms with van der Waals surface area (Å²) >= 11 is 0. The van der Waals surface area contributed by atoms with Crippen molar-refractivity contribution in [3.05, 3.63) is 29.1 Å². The highest BCUT2D eigenvalue weighted by Crippen LogP contribution is 2.22. The van der Waals surface area contributed by atoms with Crippen molar-refractivity contribution in [1.29, 1.82) is 5.26 Å². The standard InChI is InChI=1S/C17H23N3/c1-4-5-8-17-19-15-11-13(2)14(3)12-16(15)20(17)10-7-6-9-18/h11-12H,4-8,10H2,1-3H3. The fourth-order valence-electron chi connectivity index (χ4n) is 2.52. The molecule has 1 aromatic carbocycles. The molecule has 0 saturated heterocycles. The summed E-state index contributed by atoms with van der Waals surface area (Å²) in [7, 11) is 0. The Labute approximate surface area is 121 Å². The summed E-state index contributed by atoms with van der Waals surface area (Å²) in [5, 5.41) is 8.72. The van der Waals surface area contributed by atoms with Gasteiger partial charge in [-0.25, -0.2) is 4.98 Å². The van der Waals surface area contributed by atoms with Crippen LogP contribution in [0.25, 0.3) is 11.0 Å². The first-order chi connectivity index (χ1) is 9.67. The SMILES string of the molecule is CCCCc1nc2cc(C)c(C)cc2n1CCCC#N. The molecule has 0 amide bonds. The molecular weight excluding hydrogens is 246 g/mol. The van der Waals surface area contributed by atoms with E-state index in [1.165, 1.54) is 35.3 Å². The molecule has 3 heteroatoms. The number of nitrogens with zero attached hydrogens (tertiary/aromatic N) is 3. The van der Waals surface area contributed by atoms with Gasteiger partial charge in [0.15, 0.2) is 0 Å². The number of hydrogen-bond acceptors (Lipinski definition) is 2. The summed E-state index contributed by atoms with van der Waals surface area (Å²) in [5.41, 5.74) is 4.91. The minimum Gasteiger partial charge on any atom is -0.328 e. The predicted molar refractivity (Wildman–Crippen MR) is 82.7 cm³/mol. The third-order valence-electron chi connectivity index (χ3n) is 3.87. The lowest BCUT2D eigenvalue weighted by atomic mass is 10.1. The molecule has 2 aromatic rings. The smallest absolute Gasteiger partial charge is 0.109 e. The molecule has 0 aliphatic heterocycles. The Kier molecular flexibility index (Phi) is 4.79. The number of benzene rings is 1. The second kappa shape index (κ2) is 6.56. The molecule has 0 N–H and O–H groups in total. The van der Waals surface area contributed by atoms with E-state index in [4.69, 9.17) is 10.2 Å². The van der Waals surface area contributed by atoms with Crippen molar-refractivity contribution < 1.29 is 0 Å². The van der Waals surface area contributed by atoms with Gasteiger partial charge in [-0.05, 0) is 49.9 Å². The number of aryl methyl sites for hydroxylation is 4. The maximum atomic E-state index is 8.72. The van der Waals surface area contributed by atoms with Gasteiger partial charge in [0, 0.05) is 19.4 Å². The van der Waals surface area contributed by atoms with Gasteiger partial charge >= 0.3 is 0 Å². The second-order valence-corrected chi connectivity index (χ2v) is 5.47. The van der Waals surface area contributed by atoms with Crippen molar-refractivity contribution in [3.8, 4) is 6.07 Å². The molecule has 0 saturated carbocycles. The van der Waals surface area contributed by atoms with Gasteiger partial charge in [-0.15, -0.1) is 0 Å². The van der Waals surface area contributed by atoms with Crippen LogP contribution in [0.1, 0.15) is 49.6 Å². The number of rotatable bonds is 6. The zero-order chi connectivity index (χ0) is 14.5. The lowest BCUT2D eigenvalue weighted by molar-refractivity contribution is 0.618. The van der Waals surface area contributed by atoms with Gasteiger partial charge < -0.3 is 4.57 Å². The number of aromatic nitrogens is 2. The minimum absolute atomic E-state index is 0.609. The van der Waals surface area contributed by atoms with Gasteiger partial charge in [0.05, 0.1) is 17.1 Å². The summed E-state index contributed by atoms with van der Waals surface area (Å²) in [6.07, 6.45) is 4.88. The largest absolute Gasteiger partial charge is 0.328 e. The molecule has 1 aromatic heterocycles. The van der Waals surface area contributed by atoms with Crippen LogP contribution in [0.3, 0.4) is 0 Å². The van der Waals surface area contributed by atoms with Crippen molar-refractivity contribution in [2.45, 2.75) is 59.4 Å². The predicted octanol–water partition coefficient (Wildman–Crippen LogP) is 4.30. The van der Waals surface area contributed by atoms with Crippen LogP contribution in [0.15, 0.2) is 12.1 Å². The summed E-state index contributed by atoms with van der Waals surface area (Å²) in [5.74, 6) is 1.17. The van der Waals surface area contributed by atoms with Crippen molar-refractivity contribution >= 4 is 11.0 Å². The second-order valence-electron chi connectivity index (χ2n) is 5.47. The molecule has 0 spiro atoms. The minimum atomic E-state index is 0.609. The van der Waals surface area contributed by atoms with Gasteiger partial charge in [-0.3, -0.25) is 0 Å². The first-order valence-electron chi connectivity index (χ1n) is 7.50. The van der Waals surface area contributed by atoms with Crippen LogP contribution < -0.4 is 0 Å². The Bertz CT molecular complexity index is 632. The first-order valence-corrected chi connectivity index (χ1v) is 7.50. The van der Waals surface area contributed by atoms with E-state index < -0.39 is 0 Å². The van der Waals surface area contributed by atoms with Gasteiger partial charge in [0.25, 0.3) is 0 Å². The molecule has 1 heterocycles. The summed E-state index contributed by atoms with van der Waals surface area (Å²) in [4.78, 5) is 4.81. The highest BCUT2D eigenvalue weighted by Gasteiger charge is 2.11. The van der Waals surface area contributed by atoms with Crippen LogP contribution in [0.4, 0.5) is 0 Å². The lowest BCUT2D eigenvalue weighted by Crippen LogP contribution is -2.04. The van der Waals surface area contributed by atoms with Crippen LogP contribution in [0.5, 0.6) is 0 Å². The Hall–Kier alpha value is -1.82. The van der Waals surface area contributed by atoms with Gasteiger partial charge in [-0.1, -0.05) is 13.3 Å². The zero-order valence-corrected chi connectivity index (χ0v) is 12.7. The lowest BCUT2D eigenvalue weighted by Gasteiger charge is -2.08. The topological polar surface area (TPSA) is 41.6 Å². The molecule has 2 rings (SSSR count). The fraction of sp³-hybridized carbons (Fsp3) is 0.529. The van der Waals surface area contributed by atoms with Crippen LogP contribution in [0, 0.1) is 25.2 Å². The third-order valence-corrected chi connectivity index (χ3v) is 3.87. The Morgan fingerprint density at radius 3 is 2.65 bits per heavy atom. The van der Waals surface area contributed by atoms with Crippen molar-refractivity contribution in [3.63, 3.8) is 0 Å². The van der Waals surface area contributed by atoms with Crippen LogP contribution >= 0.6 is 0 Å². The van der Waals surface area contributed by atoms with Gasteiger partial charge in [0.1, 0.15) is 5.82 Å². The highest BCUT2D eigenvalue weighted by molar-refractivity contribution is 5.78. The number of fused-ring (bicyclic) bond motifs is 1. The molecule has 3 nitrogen and oxygen atoms in total. The molecule has 20 heavy (non-hydrogen) atoms. The molecule has 0 bridgehead atoms. The maximum absolute atomic E-state index is 8.72. The van der Waals surface area contributed by atoms with E-state index in [9.17, 15) is 0 Å². The van der Waals surface area contributed by atoms with E-state index in [0.717, 1.165) is 24.9 Å². The molecule has 0 radical (unpaired) electrons. The summed E-state index contributed by atoms with van der Waals surface area (Å²) in [6.45, 7) is 7.38. The maximum Gasteiger partial charge on any atom is 0.109 e. The van der Waals surface area contributed by atoms with Gasteiger partial charge in [-0.2, -0.15) is 5.26 Å². The summed E-state index contributed by atoms with van der Waals surface area (Å²) in [6, 6.07) is 6.64. The van der Waals surface area contributed by atoms with E-state index in [1.807, 2.05) is 0 Å². The Morgan fingerprint density at radius 1 is 1.20 bits per heavy atom.